The first-order valence-electron chi connectivity index (χ1n) is 8.89. The molecule has 3 atom stereocenters. The lowest BCUT2D eigenvalue weighted by molar-refractivity contribution is -0.137. The van der Waals surface area contributed by atoms with Gasteiger partial charge >= 0.3 is 6.18 Å². The summed E-state index contributed by atoms with van der Waals surface area (Å²) in [6, 6.07) is 5.27. The molecule has 2 fully saturated rings. The van der Waals surface area contributed by atoms with Crippen LogP contribution in [-0.4, -0.2) is 48.7 Å². The Balaban J connectivity index is 0.00000196. The van der Waals surface area contributed by atoms with Crippen LogP contribution in [0.3, 0.4) is 0 Å². The zero-order valence-electron chi connectivity index (χ0n) is 15.3. The van der Waals surface area contributed by atoms with Gasteiger partial charge < -0.3 is 15.8 Å². The summed E-state index contributed by atoms with van der Waals surface area (Å²) in [7, 11) is 0. The molecule has 0 bridgehead atoms. The maximum Gasteiger partial charge on any atom is 0.416 e. The van der Waals surface area contributed by atoms with Gasteiger partial charge in [-0.05, 0) is 37.0 Å². The molecule has 1 aromatic carbocycles. The molecule has 160 valence electrons. The van der Waals surface area contributed by atoms with Crippen LogP contribution in [0.2, 0.25) is 0 Å². The minimum absolute atomic E-state index is 0. The molecule has 2 aliphatic rings. The number of rotatable bonds is 5. The average Bonchev–Trinajstić information content (AvgIpc) is 3.24. The number of halogens is 5. The molecule has 1 amide bonds. The van der Waals surface area contributed by atoms with E-state index in [0.29, 0.717) is 26.1 Å². The van der Waals surface area contributed by atoms with Gasteiger partial charge in [-0.15, -0.1) is 24.8 Å². The minimum atomic E-state index is -4.31. The van der Waals surface area contributed by atoms with Crippen molar-refractivity contribution in [1.82, 2.24) is 10.2 Å². The van der Waals surface area contributed by atoms with Crippen LogP contribution in [0.5, 0.6) is 0 Å². The predicted molar refractivity (Wildman–Crippen MR) is 105 cm³/mol. The molecule has 0 aromatic heterocycles. The Hall–Kier alpha value is -1.06. The average molecular weight is 444 g/mol. The molecule has 3 N–H and O–H groups in total. The number of nitrogens with one attached hydrogen (secondary N) is 1. The van der Waals surface area contributed by atoms with Gasteiger partial charge in [0, 0.05) is 32.2 Å². The van der Waals surface area contributed by atoms with Crippen molar-refractivity contribution in [3.63, 3.8) is 0 Å². The SMILES string of the molecule is Cl.Cl.NC[C@H]1CC[C@@H](C(=O)NC2CCN(Cc3ccc(C(F)(F)F)cc3)C2)O1. The molecule has 0 saturated carbocycles. The van der Waals surface area contributed by atoms with Crippen LogP contribution < -0.4 is 11.1 Å². The molecular weight excluding hydrogens is 418 g/mol. The van der Waals surface area contributed by atoms with E-state index in [1.807, 2.05) is 0 Å². The lowest BCUT2D eigenvalue weighted by Gasteiger charge is -2.19. The summed E-state index contributed by atoms with van der Waals surface area (Å²) in [5.41, 5.74) is 5.75. The summed E-state index contributed by atoms with van der Waals surface area (Å²) in [6.45, 7) is 2.47. The first kappa shape index (κ1) is 25.0. The standard InChI is InChI=1S/C18H24F3N3O2.2ClH/c19-18(20,21)13-3-1-12(2-4-13)10-24-8-7-14(11-24)23-17(25)16-6-5-15(9-22)26-16;;/h1-4,14-16H,5-11,22H2,(H,23,25);2*1H/t14?,15-,16+;;/m1../s1. The number of alkyl halides is 3. The van der Waals surface area contributed by atoms with E-state index in [1.165, 1.54) is 12.1 Å². The van der Waals surface area contributed by atoms with Crippen LogP contribution >= 0.6 is 24.8 Å². The van der Waals surface area contributed by atoms with Crippen LogP contribution in [0.25, 0.3) is 0 Å². The summed E-state index contributed by atoms with van der Waals surface area (Å²) in [4.78, 5) is 14.4. The second-order valence-electron chi connectivity index (χ2n) is 6.98. The Kier molecular flexibility index (Phi) is 9.49. The summed E-state index contributed by atoms with van der Waals surface area (Å²) < 4.78 is 43.4. The second-order valence-corrected chi connectivity index (χ2v) is 6.98. The number of carbonyl (C=O) groups is 1. The van der Waals surface area contributed by atoms with E-state index in [0.717, 1.165) is 37.1 Å². The molecule has 5 nitrogen and oxygen atoms in total. The maximum atomic E-state index is 12.6. The summed E-state index contributed by atoms with van der Waals surface area (Å²) >= 11 is 0. The highest BCUT2D eigenvalue weighted by Crippen LogP contribution is 2.29. The van der Waals surface area contributed by atoms with Gasteiger partial charge in [-0.2, -0.15) is 13.2 Å². The number of ether oxygens (including phenoxy) is 1. The van der Waals surface area contributed by atoms with Crippen molar-refractivity contribution < 1.29 is 22.7 Å². The van der Waals surface area contributed by atoms with Crippen molar-refractivity contribution in [1.29, 1.82) is 0 Å². The van der Waals surface area contributed by atoms with E-state index in [9.17, 15) is 18.0 Å². The molecule has 10 heteroatoms. The van der Waals surface area contributed by atoms with Crippen molar-refractivity contribution in [2.24, 2.45) is 5.73 Å². The van der Waals surface area contributed by atoms with E-state index < -0.39 is 17.8 Å². The van der Waals surface area contributed by atoms with Crippen molar-refractivity contribution >= 4 is 30.7 Å². The maximum absolute atomic E-state index is 12.6. The molecule has 2 heterocycles. The van der Waals surface area contributed by atoms with Crippen LogP contribution in [-0.2, 0) is 22.3 Å². The van der Waals surface area contributed by atoms with Crippen molar-refractivity contribution in [2.45, 2.75) is 50.2 Å². The van der Waals surface area contributed by atoms with Gasteiger partial charge in [0.2, 0.25) is 5.91 Å². The Bertz CT molecular complexity index is 631. The summed E-state index contributed by atoms with van der Waals surface area (Å²) in [6.07, 6.45) is -2.46. The second kappa shape index (κ2) is 10.6. The number of likely N-dealkylation sites (tertiary alicyclic amines) is 1. The topological polar surface area (TPSA) is 67.6 Å². The van der Waals surface area contributed by atoms with Crippen molar-refractivity contribution in [3.05, 3.63) is 35.4 Å². The number of nitrogens with two attached hydrogens (primary N) is 1. The van der Waals surface area contributed by atoms with Gasteiger partial charge in [0.05, 0.1) is 11.7 Å². The van der Waals surface area contributed by atoms with Gasteiger partial charge in [-0.1, -0.05) is 12.1 Å². The Morgan fingerprint density at radius 3 is 2.43 bits per heavy atom. The van der Waals surface area contributed by atoms with E-state index in [2.05, 4.69) is 10.2 Å². The zero-order valence-corrected chi connectivity index (χ0v) is 16.9. The molecular formula is C18H26Cl2F3N3O2. The number of benzene rings is 1. The van der Waals surface area contributed by atoms with Crippen molar-refractivity contribution in [3.8, 4) is 0 Å². The molecule has 3 rings (SSSR count). The Labute approximate surface area is 175 Å². The quantitative estimate of drug-likeness (QED) is 0.733. The zero-order chi connectivity index (χ0) is 18.7. The van der Waals surface area contributed by atoms with Gasteiger partial charge in [0.1, 0.15) is 6.10 Å². The highest BCUT2D eigenvalue weighted by molar-refractivity contribution is 5.85. The van der Waals surface area contributed by atoms with E-state index in [4.69, 9.17) is 10.5 Å². The first-order valence-corrected chi connectivity index (χ1v) is 8.89. The highest BCUT2D eigenvalue weighted by atomic mass is 35.5. The van der Waals surface area contributed by atoms with Crippen LogP contribution in [0.1, 0.15) is 30.4 Å². The fourth-order valence-electron chi connectivity index (χ4n) is 3.52. The fourth-order valence-corrected chi connectivity index (χ4v) is 3.52. The number of hydrogen-bond donors (Lipinski definition) is 2. The van der Waals surface area contributed by atoms with E-state index in [-0.39, 0.29) is 42.9 Å². The Morgan fingerprint density at radius 2 is 1.86 bits per heavy atom. The highest BCUT2D eigenvalue weighted by Gasteiger charge is 2.33. The molecule has 1 aromatic rings. The number of nitrogens with zero attached hydrogens (tertiary/aromatic N) is 1. The molecule has 0 aliphatic carbocycles. The Morgan fingerprint density at radius 1 is 1.18 bits per heavy atom. The minimum Gasteiger partial charge on any atom is -0.364 e. The molecule has 0 spiro atoms. The molecule has 1 unspecified atom stereocenters. The van der Waals surface area contributed by atoms with E-state index >= 15 is 0 Å². The third-order valence-corrected chi connectivity index (χ3v) is 4.97. The smallest absolute Gasteiger partial charge is 0.364 e. The van der Waals surface area contributed by atoms with Crippen LogP contribution in [0, 0.1) is 0 Å². The first-order chi connectivity index (χ1) is 12.3. The number of amides is 1. The number of hydrogen-bond acceptors (Lipinski definition) is 4. The normalized spacial score (nSPS) is 25.1. The van der Waals surface area contributed by atoms with Crippen LogP contribution in [0.15, 0.2) is 24.3 Å². The summed E-state index contributed by atoms with van der Waals surface area (Å²) in [5, 5.41) is 3.02. The molecule has 2 saturated heterocycles. The van der Waals surface area contributed by atoms with Gasteiger partial charge in [-0.3, -0.25) is 9.69 Å². The van der Waals surface area contributed by atoms with Crippen molar-refractivity contribution in [2.75, 3.05) is 19.6 Å². The van der Waals surface area contributed by atoms with Gasteiger partial charge in [0.15, 0.2) is 0 Å². The lowest BCUT2D eigenvalue weighted by Crippen LogP contribution is -2.43. The predicted octanol–water partition coefficient (Wildman–Crippen LogP) is 2.75. The fraction of sp³-hybridized carbons (Fsp3) is 0.611. The lowest BCUT2D eigenvalue weighted by atomic mass is 10.1. The molecule has 28 heavy (non-hydrogen) atoms. The molecule has 0 radical (unpaired) electrons. The van der Waals surface area contributed by atoms with Crippen LogP contribution in [0.4, 0.5) is 13.2 Å². The van der Waals surface area contributed by atoms with E-state index in [1.54, 1.807) is 0 Å². The monoisotopic (exact) mass is 443 g/mol. The molecule has 2 aliphatic heterocycles. The van der Waals surface area contributed by atoms with Gasteiger partial charge in [0.25, 0.3) is 0 Å². The largest absolute Gasteiger partial charge is 0.416 e. The third kappa shape index (κ3) is 6.49. The number of carbonyl (C=O) groups excluding carboxylic acids is 1. The third-order valence-electron chi connectivity index (χ3n) is 4.97. The summed E-state index contributed by atoms with van der Waals surface area (Å²) in [5.74, 6) is -0.0951. The van der Waals surface area contributed by atoms with Gasteiger partial charge in [-0.25, -0.2) is 0 Å².